The van der Waals surface area contributed by atoms with Crippen molar-refractivity contribution in [3.63, 3.8) is 0 Å². The zero-order chi connectivity index (χ0) is 17.0. The van der Waals surface area contributed by atoms with Crippen LogP contribution in [0.4, 0.5) is 4.39 Å². The van der Waals surface area contributed by atoms with Crippen molar-refractivity contribution >= 4 is 23.2 Å². The SMILES string of the molecule is CC(C)(C(=O)NCCc1nc(C(=O)O)cs1)c1cccc(F)c1. The molecule has 5 nitrogen and oxygen atoms in total. The van der Waals surface area contributed by atoms with Crippen LogP contribution in [-0.4, -0.2) is 28.5 Å². The Morgan fingerprint density at radius 1 is 1.39 bits per heavy atom. The predicted octanol–water partition coefficient (Wildman–Crippen LogP) is 2.62. The third kappa shape index (κ3) is 4.13. The molecule has 0 aliphatic heterocycles. The lowest BCUT2D eigenvalue weighted by Gasteiger charge is -2.24. The zero-order valence-corrected chi connectivity index (χ0v) is 13.6. The molecule has 0 radical (unpaired) electrons. The van der Waals surface area contributed by atoms with E-state index in [2.05, 4.69) is 10.3 Å². The molecule has 0 aliphatic rings. The van der Waals surface area contributed by atoms with Crippen molar-refractivity contribution in [3.05, 3.63) is 51.7 Å². The molecular formula is C16H17FN2O3S. The summed E-state index contributed by atoms with van der Waals surface area (Å²) in [6.07, 6.45) is 0.447. The van der Waals surface area contributed by atoms with E-state index >= 15 is 0 Å². The Kier molecular flexibility index (Phi) is 5.10. The molecule has 2 rings (SSSR count). The second-order valence-corrected chi connectivity index (χ2v) is 6.52. The molecule has 0 atom stereocenters. The monoisotopic (exact) mass is 336 g/mol. The van der Waals surface area contributed by atoms with Crippen LogP contribution < -0.4 is 5.32 Å². The first kappa shape index (κ1) is 17.1. The fourth-order valence-corrected chi connectivity index (χ4v) is 2.81. The summed E-state index contributed by atoms with van der Waals surface area (Å²) in [7, 11) is 0. The standard InChI is InChI=1S/C16H17FN2O3S/c1-16(2,10-4-3-5-11(17)8-10)15(22)18-7-6-13-19-12(9-23-13)14(20)21/h3-5,8-9H,6-7H2,1-2H3,(H,18,22)(H,20,21). The number of halogens is 1. The first-order valence-electron chi connectivity index (χ1n) is 7.03. The Bertz CT molecular complexity index is 728. The summed E-state index contributed by atoms with van der Waals surface area (Å²) in [5.41, 5.74) is -0.258. The number of hydrogen-bond acceptors (Lipinski definition) is 4. The summed E-state index contributed by atoms with van der Waals surface area (Å²) in [6, 6.07) is 5.96. The molecule has 7 heteroatoms. The van der Waals surface area contributed by atoms with Crippen LogP contribution in [0.1, 0.15) is 34.9 Å². The maximum absolute atomic E-state index is 13.3. The maximum Gasteiger partial charge on any atom is 0.355 e. The Morgan fingerprint density at radius 3 is 2.74 bits per heavy atom. The third-order valence-corrected chi connectivity index (χ3v) is 4.42. The predicted molar refractivity (Wildman–Crippen MR) is 85.2 cm³/mol. The van der Waals surface area contributed by atoms with Crippen molar-refractivity contribution < 1.29 is 19.1 Å². The number of carboxylic acid groups (broad SMARTS) is 1. The van der Waals surface area contributed by atoms with E-state index < -0.39 is 11.4 Å². The van der Waals surface area contributed by atoms with Gasteiger partial charge in [0.25, 0.3) is 0 Å². The van der Waals surface area contributed by atoms with Crippen molar-refractivity contribution in [2.45, 2.75) is 25.7 Å². The second kappa shape index (κ2) is 6.87. The Labute approximate surface area is 137 Å². The van der Waals surface area contributed by atoms with Crippen LogP contribution in [0.15, 0.2) is 29.6 Å². The fraction of sp³-hybridized carbons (Fsp3) is 0.312. The number of nitrogens with one attached hydrogen (secondary N) is 1. The number of benzene rings is 1. The molecule has 0 aliphatic carbocycles. The number of aromatic nitrogens is 1. The fourth-order valence-electron chi connectivity index (χ4n) is 2.04. The Hall–Kier alpha value is -2.28. The van der Waals surface area contributed by atoms with Crippen molar-refractivity contribution in [3.8, 4) is 0 Å². The van der Waals surface area contributed by atoms with Crippen LogP contribution in [0.3, 0.4) is 0 Å². The van der Waals surface area contributed by atoms with Gasteiger partial charge in [-0.05, 0) is 31.5 Å². The van der Waals surface area contributed by atoms with E-state index in [-0.39, 0.29) is 17.4 Å². The largest absolute Gasteiger partial charge is 0.476 e. The van der Waals surface area contributed by atoms with Crippen molar-refractivity contribution in [1.82, 2.24) is 10.3 Å². The molecule has 23 heavy (non-hydrogen) atoms. The van der Waals surface area contributed by atoms with Gasteiger partial charge in [-0.2, -0.15) is 0 Å². The lowest BCUT2D eigenvalue weighted by Crippen LogP contribution is -2.41. The van der Waals surface area contributed by atoms with E-state index in [1.54, 1.807) is 26.0 Å². The van der Waals surface area contributed by atoms with Crippen molar-refractivity contribution in [2.75, 3.05) is 6.54 Å². The van der Waals surface area contributed by atoms with Gasteiger partial charge < -0.3 is 10.4 Å². The van der Waals surface area contributed by atoms with Gasteiger partial charge >= 0.3 is 5.97 Å². The van der Waals surface area contributed by atoms with Gasteiger partial charge in [-0.1, -0.05) is 12.1 Å². The Balaban J connectivity index is 1.94. The lowest BCUT2D eigenvalue weighted by atomic mass is 9.83. The summed E-state index contributed by atoms with van der Waals surface area (Å²) < 4.78 is 13.3. The van der Waals surface area contributed by atoms with Gasteiger partial charge in [-0.3, -0.25) is 4.79 Å². The molecule has 0 bridgehead atoms. The van der Waals surface area contributed by atoms with E-state index in [1.165, 1.54) is 28.8 Å². The minimum atomic E-state index is -1.07. The quantitative estimate of drug-likeness (QED) is 0.850. The highest BCUT2D eigenvalue weighted by Crippen LogP contribution is 2.24. The molecule has 0 spiro atoms. The number of amides is 1. The number of hydrogen-bond donors (Lipinski definition) is 2. The first-order valence-corrected chi connectivity index (χ1v) is 7.90. The highest BCUT2D eigenvalue weighted by Gasteiger charge is 2.29. The minimum absolute atomic E-state index is 0.0106. The van der Waals surface area contributed by atoms with Gasteiger partial charge in [0.05, 0.1) is 10.4 Å². The molecule has 122 valence electrons. The molecule has 2 N–H and O–H groups in total. The summed E-state index contributed by atoms with van der Waals surface area (Å²) in [6.45, 7) is 3.79. The molecule has 2 aromatic rings. The van der Waals surface area contributed by atoms with Crippen LogP contribution >= 0.6 is 11.3 Å². The molecule has 0 unspecified atom stereocenters. The van der Waals surface area contributed by atoms with Gasteiger partial charge in [-0.25, -0.2) is 14.2 Å². The number of rotatable bonds is 6. The van der Waals surface area contributed by atoms with Gasteiger partial charge in [0, 0.05) is 18.3 Å². The molecule has 1 amide bonds. The molecule has 0 saturated carbocycles. The number of aromatic carboxylic acids is 1. The summed E-state index contributed by atoms with van der Waals surface area (Å²) in [5, 5.41) is 13.7. The maximum atomic E-state index is 13.3. The third-order valence-electron chi connectivity index (χ3n) is 3.51. The number of carbonyl (C=O) groups is 2. The van der Waals surface area contributed by atoms with Crippen LogP contribution in [0, 0.1) is 5.82 Å². The normalized spacial score (nSPS) is 11.3. The van der Waals surface area contributed by atoms with Crippen LogP contribution in [0.25, 0.3) is 0 Å². The average Bonchev–Trinajstić information content (AvgIpc) is 2.96. The average molecular weight is 336 g/mol. The number of carbonyl (C=O) groups excluding carboxylic acids is 1. The molecule has 1 heterocycles. The minimum Gasteiger partial charge on any atom is -0.476 e. The summed E-state index contributed by atoms with van der Waals surface area (Å²) in [5.74, 6) is -1.67. The Morgan fingerprint density at radius 2 is 2.13 bits per heavy atom. The topological polar surface area (TPSA) is 79.3 Å². The van der Waals surface area contributed by atoms with Gasteiger partial charge in [0.2, 0.25) is 5.91 Å². The highest BCUT2D eigenvalue weighted by atomic mass is 32.1. The number of carboxylic acids is 1. The van der Waals surface area contributed by atoms with Gasteiger partial charge in [0.15, 0.2) is 5.69 Å². The molecule has 1 aromatic heterocycles. The van der Waals surface area contributed by atoms with E-state index in [0.29, 0.717) is 23.5 Å². The van der Waals surface area contributed by atoms with Gasteiger partial charge in [0.1, 0.15) is 5.82 Å². The highest BCUT2D eigenvalue weighted by molar-refractivity contribution is 7.09. The second-order valence-electron chi connectivity index (χ2n) is 5.57. The van der Waals surface area contributed by atoms with E-state index in [4.69, 9.17) is 5.11 Å². The number of nitrogens with zero attached hydrogens (tertiary/aromatic N) is 1. The van der Waals surface area contributed by atoms with Crippen LogP contribution in [0.2, 0.25) is 0 Å². The summed E-state index contributed by atoms with van der Waals surface area (Å²) >= 11 is 1.24. The van der Waals surface area contributed by atoms with E-state index in [9.17, 15) is 14.0 Å². The van der Waals surface area contributed by atoms with E-state index in [0.717, 1.165) is 0 Å². The molecule has 0 saturated heterocycles. The van der Waals surface area contributed by atoms with Crippen LogP contribution in [-0.2, 0) is 16.6 Å². The summed E-state index contributed by atoms with van der Waals surface area (Å²) in [4.78, 5) is 27.0. The first-order chi connectivity index (χ1) is 10.8. The smallest absolute Gasteiger partial charge is 0.355 e. The van der Waals surface area contributed by atoms with Crippen LogP contribution in [0.5, 0.6) is 0 Å². The number of thiazole rings is 1. The van der Waals surface area contributed by atoms with Crippen molar-refractivity contribution in [1.29, 1.82) is 0 Å². The molecule has 0 fully saturated rings. The van der Waals surface area contributed by atoms with E-state index in [1.807, 2.05) is 0 Å². The molecule has 1 aromatic carbocycles. The van der Waals surface area contributed by atoms with Gasteiger partial charge in [-0.15, -0.1) is 11.3 Å². The van der Waals surface area contributed by atoms with Crippen molar-refractivity contribution in [2.24, 2.45) is 0 Å². The zero-order valence-electron chi connectivity index (χ0n) is 12.8. The molecular weight excluding hydrogens is 319 g/mol. The lowest BCUT2D eigenvalue weighted by molar-refractivity contribution is -0.125.